The van der Waals surface area contributed by atoms with Gasteiger partial charge in [0.2, 0.25) is 5.89 Å². The van der Waals surface area contributed by atoms with Crippen LogP contribution in [0.5, 0.6) is 0 Å². The normalized spacial score (nSPS) is 11.6. The largest absolute Gasteiger partial charge is 0.435 e. The third-order valence-corrected chi connectivity index (χ3v) is 7.48. The zero-order valence-electron chi connectivity index (χ0n) is 21.0. The topological polar surface area (TPSA) is 38.9 Å². The highest BCUT2D eigenvalue weighted by Gasteiger charge is 2.14. The number of nitrogens with zero attached hydrogens (tertiary/aromatic N) is 2. The van der Waals surface area contributed by atoms with Crippen molar-refractivity contribution >= 4 is 43.4 Å². The van der Waals surface area contributed by atoms with E-state index in [2.05, 4.69) is 97.1 Å². The number of benzene rings is 6. The Morgan fingerprint density at radius 1 is 0.462 bits per heavy atom. The monoisotopic (exact) mass is 498 g/mol. The molecule has 39 heavy (non-hydrogen) atoms. The molecule has 0 amide bonds. The van der Waals surface area contributed by atoms with Gasteiger partial charge in [0.25, 0.3) is 0 Å². The minimum Gasteiger partial charge on any atom is -0.435 e. The van der Waals surface area contributed by atoms with Gasteiger partial charge in [-0.1, -0.05) is 97.1 Å². The van der Waals surface area contributed by atoms with Crippen LogP contribution in [0.25, 0.3) is 77.4 Å². The number of pyridine rings is 1. The Bertz CT molecular complexity index is 2170. The molecule has 0 radical (unpaired) electrons. The van der Waals surface area contributed by atoms with Crippen LogP contribution < -0.4 is 0 Å². The maximum absolute atomic E-state index is 6.37. The first-order chi connectivity index (χ1) is 19.3. The summed E-state index contributed by atoms with van der Waals surface area (Å²) in [5.74, 6) is 0.640. The molecule has 0 spiro atoms. The van der Waals surface area contributed by atoms with Crippen molar-refractivity contribution in [1.82, 2.24) is 9.97 Å². The number of hydrogen-bond acceptors (Lipinski definition) is 3. The summed E-state index contributed by atoms with van der Waals surface area (Å²) in [5.41, 5.74) is 6.80. The molecule has 3 heteroatoms. The van der Waals surface area contributed by atoms with Crippen LogP contribution in [0.3, 0.4) is 0 Å². The molecule has 0 fully saturated rings. The van der Waals surface area contributed by atoms with Gasteiger partial charge in [0.1, 0.15) is 5.52 Å². The van der Waals surface area contributed by atoms with Crippen LogP contribution in [-0.2, 0) is 0 Å². The molecule has 182 valence electrons. The van der Waals surface area contributed by atoms with E-state index in [4.69, 9.17) is 14.4 Å². The SMILES string of the molecule is c1ccc(-c2nc3ccc4ccc5cc(-c6cccc(-c7cccc8ccccc78)n6)ccc5c4c3o2)cc1. The van der Waals surface area contributed by atoms with E-state index in [0.717, 1.165) is 60.7 Å². The predicted octanol–water partition coefficient (Wildman–Crippen LogP) is 9.68. The van der Waals surface area contributed by atoms with E-state index in [1.165, 1.54) is 10.8 Å². The average molecular weight is 499 g/mol. The lowest BCUT2D eigenvalue weighted by Crippen LogP contribution is -1.89. The summed E-state index contributed by atoms with van der Waals surface area (Å²) in [4.78, 5) is 9.88. The maximum atomic E-state index is 6.37. The van der Waals surface area contributed by atoms with Gasteiger partial charge in [0.05, 0.1) is 11.4 Å². The molecule has 0 N–H and O–H groups in total. The van der Waals surface area contributed by atoms with Crippen molar-refractivity contribution in [2.24, 2.45) is 0 Å². The molecule has 8 rings (SSSR count). The summed E-state index contributed by atoms with van der Waals surface area (Å²) in [7, 11) is 0. The van der Waals surface area contributed by atoms with E-state index < -0.39 is 0 Å². The van der Waals surface area contributed by atoms with Crippen LogP contribution in [0.4, 0.5) is 0 Å². The zero-order valence-corrected chi connectivity index (χ0v) is 21.0. The lowest BCUT2D eigenvalue weighted by Gasteiger charge is -2.10. The molecular weight excluding hydrogens is 476 g/mol. The van der Waals surface area contributed by atoms with E-state index in [0.29, 0.717) is 5.89 Å². The average Bonchev–Trinajstić information content (AvgIpc) is 3.46. The summed E-state index contributed by atoms with van der Waals surface area (Å²) in [6, 6.07) is 46.2. The smallest absolute Gasteiger partial charge is 0.227 e. The fourth-order valence-electron chi connectivity index (χ4n) is 5.59. The highest BCUT2D eigenvalue weighted by molar-refractivity contribution is 6.18. The molecule has 0 bridgehead atoms. The van der Waals surface area contributed by atoms with Gasteiger partial charge in [-0.3, -0.25) is 0 Å². The molecule has 3 nitrogen and oxygen atoms in total. The number of oxazole rings is 1. The summed E-state index contributed by atoms with van der Waals surface area (Å²) in [6.07, 6.45) is 0. The van der Waals surface area contributed by atoms with Gasteiger partial charge in [0, 0.05) is 22.1 Å². The van der Waals surface area contributed by atoms with Crippen molar-refractivity contribution in [1.29, 1.82) is 0 Å². The molecule has 0 unspecified atom stereocenters. The molecule has 0 aliphatic heterocycles. The van der Waals surface area contributed by atoms with Gasteiger partial charge < -0.3 is 4.42 Å². The van der Waals surface area contributed by atoms with Crippen LogP contribution in [0.15, 0.2) is 138 Å². The second kappa shape index (κ2) is 8.64. The van der Waals surface area contributed by atoms with Crippen LogP contribution >= 0.6 is 0 Å². The summed E-state index contributed by atoms with van der Waals surface area (Å²) < 4.78 is 6.37. The highest BCUT2D eigenvalue weighted by atomic mass is 16.3. The van der Waals surface area contributed by atoms with Gasteiger partial charge >= 0.3 is 0 Å². The maximum Gasteiger partial charge on any atom is 0.227 e. The van der Waals surface area contributed by atoms with Crippen molar-refractivity contribution < 1.29 is 4.42 Å². The molecule has 0 atom stereocenters. The van der Waals surface area contributed by atoms with E-state index in [-0.39, 0.29) is 0 Å². The molecular formula is C36H22N2O. The third kappa shape index (κ3) is 3.59. The lowest BCUT2D eigenvalue weighted by molar-refractivity contribution is 0.623. The van der Waals surface area contributed by atoms with Crippen LogP contribution in [0.2, 0.25) is 0 Å². The minimum atomic E-state index is 0.640. The molecule has 0 saturated heterocycles. The van der Waals surface area contributed by atoms with Gasteiger partial charge in [-0.15, -0.1) is 0 Å². The summed E-state index contributed by atoms with van der Waals surface area (Å²) in [6.45, 7) is 0. The molecule has 6 aromatic carbocycles. The number of rotatable bonds is 3. The molecule has 0 aliphatic rings. The Morgan fingerprint density at radius 2 is 1.23 bits per heavy atom. The quantitative estimate of drug-likeness (QED) is 0.228. The van der Waals surface area contributed by atoms with Gasteiger partial charge in [-0.05, 0) is 63.3 Å². The predicted molar refractivity (Wildman–Crippen MR) is 161 cm³/mol. The second-order valence-corrected chi connectivity index (χ2v) is 9.83. The second-order valence-electron chi connectivity index (χ2n) is 9.83. The van der Waals surface area contributed by atoms with Crippen molar-refractivity contribution in [3.8, 4) is 34.0 Å². The van der Waals surface area contributed by atoms with Gasteiger partial charge in [0.15, 0.2) is 5.58 Å². The van der Waals surface area contributed by atoms with Crippen LogP contribution in [0.1, 0.15) is 0 Å². The van der Waals surface area contributed by atoms with Crippen LogP contribution in [0, 0.1) is 0 Å². The molecule has 2 aromatic heterocycles. The first kappa shape index (κ1) is 21.8. The molecule has 2 heterocycles. The number of aromatic nitrogens is 2. The van der Waals surface area contributed by atoms with Crippen molar-refractivity contribution in [3.05, 3.63) is 133 Å². The number of hydrogen-bond donors (Lipinski definition) is 0. The van der Waals surface area contributed by atoms with E-state index in [1.807, 2.05) is 36.4 Å². The minimum absolute atomic E-state index is 0.640. The number of fused-ring (bicyclic) bond motifs is 6. The van der Waals surface area contributed by atoms with Crippen molar-refractivity contribution in [2.75, 3.05) is 0 Å². The van der Waals surface area contributed by atoms with Crippen molar-refractivity contribution in [3.63, 3.8) is 0 Å². The van der Waals surface area contributed by atoms with E-state index in [1.54, 1.807) is 0 Å². The Kier molecular flexibility index (Phi) is 4.82. The molecule has 0 saturated carbocycles. The summed E-state index contributed by atoms with van der Waals surface area (Å²) in [5, 5.41) is 6.93. The Labute approximate surface area is 225 Å². The van der Waals surface area contributed by atoms with Gasteiger partial charge in [-0.25, -0.2) is 9.97 Å². The van der Waals surface area contributed by atoms with Gasteiger partial charge in [-0.2, -0.15) is 0 Å². The first-order valence-electron chi connectivity index (χ1n) is 13.1. The van der Waals surface area contributed by atoms with Crippen LogP contribution in [-0.4, -0.2) is 9.97 Å². The van der Waals surface area contributed by atoms with E-state index in [9.17, 15) is 0 Å². The zero-order chi connectivity index (χ0) is 25.8. The standard InChI is InChI=1S/C36H22N2O/c1-2-9-25(10-3-1)36-38-33-21-19-24-16-17-26-22-27(18-20-29(26)34(24)35(33)39-36)31-14-7-15-32(37-31)30-13-6-11-23-8-4-5-12-28(23)30/h1-22H. The van der Waals surface area contributed by atoms with Crippen molar-refractivity contribution in [2.45, 2.75) is 0 Å². The Hall–Kier alpha value is -5.28. The lowest BCUT2D eigenvalue weighted by atomic mass is 9.98. The molecule has 8 aromatic rings. The van der Waals surface area contributed by atoms with E-state index >= 15 is 0 Å². The summed E-state index contributed by atoms with van der Waals surface area (Å²) >= 11 is 0. The Balaban J connectivity index is 1.27. The molecule has 0 aliphatic carbocycles. The Morgan fingerprint density at radius 3 is 2.18 bits per heavy atom. The third-order valence-electron chi connectivity index (χ3n) is 7.48. The first-order valence-corrected chi connectivity index (χ1v) is 13.1. The highest BCUT2D eigenvalue weighted by Crippen LogP contribution is 2.36. The fourth-order valence-corrected chi connectivity index (χ4v) is 5.59. The fraction of sp³-hybridized carbons (Fsp3) is 0.